The van der Waals surface area contributed by atoms with Gasteiger partial charge in [0.15, 0.2) is 9.84 Å². The van der Waals surface area contributed by atoms with Crippen LogP contribution < -0.4 is 24.8 Å². The highest BCUT2D eigenvalue weighted by molar-refractivity contribution is 7.92. The lowest BCUT2D eigenvalue weighted by atomic mass is 9.87. The predicted octanol–water partition coefficient (Wildman–Crippen LogP) is 5.59. The fourth-order valence-electron chi connectivity index (χ4n) is 8.97. The Morgan fingerprint density at radius 1 is 1.06 bits per heavy atom. The molecule has 0 bridgehead atoms. The molecule has 21 heteroatoms. The Morgan fingerprint density at radius 3 is 2.46 bits per heavy atom. The molecule has 1 saturated heterocycles. The van der Waals surface area contributed by atoms with E-state index >= 15 is 0 Å². The number of alkyl halides is 3. The van der Waals surface area contributed by atoms with Crippen LogP contribution >= 0.6 is 0 Å². The number of halogens is 3. The van der Waals surface area contributed by atoms with Crippen molar-refractivity contribution in [2.45, 2.75) is 164 Å². The Balaban J connectivity index is 1.21. The first-order chi connectivity index (χ1) is 30.2. The monoisotopic (exact) mass is 953 g/mol. The minimum absolute atomic E-state index is 0.0140. The summed E-state index contributed by atoms with van der Waals surface area (Å²) >= 11 is 0. The summed E-state index contributed by atoms with van der Waals surface area (Å²) in [7, 11) is -7.56. The van der Waals surface area contributed by atoms with Crippen LogP contribution in [-0.4, -0.2) is 108 Å². The number of sulfone groups is 1. The Hall–Kier alpha value is -4.66. The molecule has 1 aromatic carbocycles. The van der Waals surface area contributed by atoms with Crippen molar-refractivity contribution in [1.82, 2.24) is 25.2 Å². The van der Waals surface area contributed by atoms with E-state index in [1.807, 2.05) is 6.08 Å². The number of hydrogen-bond donors (Lipinski definition) is 3. The van der Waals surface area contributed by atoms with E-state index in [4.69, 9.17) is 9.47 Å². The van der Waals surface area contributed by atoms with Crippen molar-refractivity contribution in [3.63, 3.8) is 0 Å². The van der Waals surface area contributed by atoms with Gasteiger partial charge in [0.1, 0.15) is 40.3 Å². The van der Waals surface area contributed by atoms with Crippen LogP contribution in [0.5, 0.6) is 11.5 Å². The summed E-state index contributed by atoms with van der Waals surface area (Å²) in [6.45, 7) is 9.28. The highest BCUT2D eigenvalue weighted by Crippen LogP contribution is 2.49. The second-order valence-electron chi connectivity index (χ2n) is 19.4. The standard InChI is InChI=1S/C44H58F3N5O11S2/c1-26(2)64(57,58)21-20-40(4,5)63-39(56)49-33-13-11-9-7-8-10-12-28-23-43(28,38(55)51-65(59,60)41(6)18-19-41)50-36(53)34-24-42(25-52(34)37(33)54)17-16-30-31-22-29(61-44(45,46)47)14-15-32(31)48-27(3)35(30)62-42/h10,12,14-15,22,26,28,33-34H,7-9,11,13,16-21,23-25H2,1-6H3,(H,49,56)(H,50,53)(H,51,55)/b12-10-/t28-,33+,34+,42-,43-/m1/s1. The minimum Gasteiger partial charge on any atom is -0.483 e. The van der Waals surface area contributed by atoms with Crippen molar-refractivity contribution in [2.24, 2.45) is 5.92 Å². The third-order valence-corrected chi connectivity index (χ3v) is 17.9. The third-order valence-electron chi connectivity index (χ3n) is 13.5. The van der Waals surface area contributed by atoms with Gasteiger partial charge in [-0.1, -0.05) is 25.0 Å². The zero-order chi connectivity index (χ0) is 47.5. The van der Waals surface area contributed by atoms with Gasteiger partial charge < -0.3 is 29.7 Å². The summed E-state index contributed by atoms with van der Waals surface area (Å²) in [5, 5.41) is 5.27. The summed E-state index contributed by atoms with van der Waals surface area (Å²) in [6.07, 6.45) is 1.45. The number of sulfonamides is 1. The summed E-state index contributed by atoms with van der Waals surface area (Å²) in [6, 6.07) is 1.28. The molecule has 0 radical (unpaired) electrons. The van der Waals surface area contributed by atoms with Crippen molar-refractivity contribution in [3.8, 4) is 11.5 Å². The summed E-state index contributed by atoms with van der Waals surface area (Å²) in [4.78, 5) is 63.3. The lowest BCUT2D eigenvalue weighted by molar-refractivity contribution is -0.274. The summed E-state index contributed by atoms with van der Waals surface area (Å²) < 4.78 is 109. The number of allylic oxidation sites excluding steroid dienone is 1. The molecule has 16 nitrogen and oxygen atoms in total. The maximum Gasteiger partial charge on any atom is 0.573 e. The van der Waals surface area contributed by atoms with Crippen LogP contribution in [0.25, 0.3) is 10.9 Å². The lowest BCUT2D eigenvalue weighted by Gasteiger charge is -2.37. The molecule has 65 heavy (non-hydrogen) atoms. The number of carbonyl (C=O) groups is 4. The minimum atomic E-state index is -4.94. The van der Waals surface area contributed by atoms with Crippen LogP contribution in [-0.2, 0) is 45.4 Å². The first-order valence-electron chi connectivity index (χ1n) is 22.1. The number of carbonyl (C=O) groups excluding carboxylic acids is 4. The van der Waals surface area contributed by atoms with Gasteiger partial charge in [0.05, 0.1) is 33.5 Å². The molecule has 3 aliphatic heterocycles. The van der Waals surface area contributed by atoms with Gasteiger partial charge in [0.2, 0.25) is 21.8 Å². The Labute approximate surface area is 377 Å². The fourth-order valence-corrected chi connectivity index (χ4v) is 11.5. The molecule has 2 aromatic rings. The van der Waals surface area contributed by atoms with Gasteiger partial charge in [-0.3, -0.25) is 19.1 Å². The SMILES string of the molecule is Cc1nc2ccc(OC(F)(F)F)cc2c2c1O[C@]1(CC2)C[C@H]2C(=O)N[C@]3(C(=O)NS(=O)(=O)C4(C)CC4)C[C@H]3/C=C\CCCCC[C@H](NC(=O)OC(C)(C)CCS(=O)(=O)C(C)C)C(=O)N2C1. The summed E-state index contributed by atoms with van der Waals surface area (Å²) in [5.74, 6) is -3.26. The van der Waals surface area contributed by atoms with Crippen molar-refractivity contribution in [2.75, 3.05) is 12.3 Å². The molecule has 4 heterocycles. The Morgan fingerprint density at radius 2 is 1.78 bits per heavy atom. The average Bonchev–Trinajstić information content (AvgIpc) is 4.10. The molecule has 0 unspecified atom stereocenters. The number of pyridine rings is 1. The largest absolute Gasteiger partial charge is 0.573 e. The molecule has 1 spiro atoms. The quantitative estimate of drug-likeness (QED) is 0.249. The summed E-state index contributed by atoms with van der Waals surface area (Å²) in [5.41, 5.74) is -2.78. The van der Waals surface area contributed by atoms with Crippen molar-refractivity contribution in [1.29, 1.82) is 0 Å². The molecule has 7 rings (SSSR count). The third kappa shape index (κ3) is 10.3. The molecule has 1 aromatic heterocycles. The first kappa shape index (κ1) is 48.3. The molecule has 4 amide bonds. The second-order valence-corrected chi connectivity index (χ2v) is 24.3. The van der Waals surface area contributed by atoms with E-state index in [0.717, 1.165) is 0 Å². The molecule has 3 fully saturated rings. The van der Waals surface area contributed by atoms with Crippen molar-refractivity contribution >= 4 is 54.6 Å². The van der Waals surface area contributed by atoms with Crippen LogP contribution in [0.1, 0.15) is 117 Å². The zero-order valence-corrected chi connectivity index (χ0v) is 39.1. The van der Waals surface area contributed by atoms with Gasteiger partial charge in [-0.15, -0.1) is 13.2 Å². The van der Waals surface area contributed by atoms with Crippen LogP contribution in [0.3, 0.4) is 0 Å². The number of hydrogen-bond acceptors (Lipinski definition) is 12. The maximum atomic E-state index is 15.0. The predicted molar refractivity (Wildman–Crippen MR) is 232 cm³/mol. The van der Waals surface area contributed by atoms with E-state index in [0.29, 0.717) is 60.7 Å². The van der Waals surface area contributed by atoms with Crippen LogP contribution in [0, 0.1) is 12.8 Å². The molecular formula is C44H58F3N5O11S2. The van der Waals surface area contributed by atoms with E-state index in [1.54, 1.807) is 40.7 Å². The molecular weight excluding hydrogens is 896 g/mol. The van der Waals surface area contributed by atoms with E-state index in [1.165, 1.54) is 30.0 Å². The fraction of sp³-hybridized carbons (Fsp3) is 0.659. The molecule has 358 valence electrons. The number of nitrogens with one attached hydrogen (secondary N) is 3. The lowest BCUT2D eigenvalue weighted by Crippen LogP contribution is -2.58. The number of benzene rings is 1. The number of amides is 4. The highest BCUT2D eigenvalue weighted by atomic mass is 32.2. The number of aromatic nitrogens is 1. The van der Waals surface area contributed by atoms with Gasteiger partial charge in [-0.25, -0.2) is 26.6 Å². The van der Waals surface area contributed by atoms with Crippen LogP contribution in [0.15, 0.2) is 30.4 Å². The first-order valence-corrected chi connectivity index (χ1v) is 25.3. The van der Waals surface area contributed by atoms with Crippen molar-refractivity contribution in [3.05, 3.63) is 41.6 Å². The smallest absolute Gasteiger partial charge is 0.483 e. The zero-order valence-electron chi connectivity index (χ0n) is 37.4. The van der Waals surface area contributed by atoms with Gasteiger partial charge in [-0.05, 0) is 111 Å². The van der Waals surface area contributed by atoms with Crippen LogP contribution in [0.2, 0.25) is 0 Å². The van der Waals surface area contributed by atoms with E-state index in [2.05, 4.69) is 25.1 Å². The number of rotatable bonds is 10. The maximum absolute atomic E-state index is 15.0. The average molecular weight is 954 g/mol. The Kier molecular flexibility index (Phi) is 12.8. The van der Waals surface area contributed by atoms with Gasteiger partial charge >= 0.3 is 12.5 Å². The Bertz CT molecular complexity index is 2510. The van der Waals surface area contributed by atoms with Gasteiger partial charge in [0, 0.05) is 29.7 Å². The van der Waals surface area contributed by atoms with E-state index in [9.17, 15) is 49.2 Å². The van der Waals surface area contributed by atoms with Crippen LogP contribution in [0.4, 0.5) is 18.0 Å². The second kappa shape index (κ2) is 17.2. The van der Waals surface area contributed by atoms with Gasteiger partial charge in [-0.2, -0.15) is 0 Å². The molecule has 2 aliphatic carbocycles. The molecule has 5 aliphatic rings. The number of alkyl carbamates (subject to hydrolysis) is 1. The molecule has 3 N–H and O–H groups in total. The molecule has 2 saturated carbocycles. The number of aryl methyl sites for hydroxylation is 2. The van der Waals surface area contributed by atoms with Crippen molar-refractivity contribution < 1.29 is 63.4 Å². The topological polar surface area (TPSA) is 216 Å². The highest BCUT2D eigenvalue weighted by Gasteiger charge is 2.64. The number of ether oxygens (including phenoxy) is 3. The number of nitrogens with zero attached hydrogens (tertiary/aromatic N) is 2. The number of fused-ring (bicyclic) bond motifs is 5. The normalized spacial score (nSPS) is 27.5. The van der Waals surface area contributed by atoms with E-state index in [-0.39, 0.29) is 56.6 Å². The van der Waals surface area contributed by atoms with Gasteiger partial charge in [0.25, 0.3) is 5.91 Å². The van der Waals surface area contributed by atoms with E-state index < -0.39 is 101 Å². The molecule has 5 atom stereocenters.